The molecule has 1 aromatic carbocycles. The molecular formula is C23H27N3O3S. The molecule has 0 aliphatic carbocycles. The number of amides is 1. The third-order valence-corrected chi connectivity index (χ3v) is 7.11. The van der Waals surface area contributed by atoms with E-state index in [9.17, 15) is 14.4 Å². The molecule has 3 aromatic rings. The van der Waals surface area contributed by atoms with Gasteiger partial charge in [0.25, 0.3) is 5.56 Å². The lowest BCUT2D eigenvalue weighted by Gasteiger charge is -2.35. The molecular weight excluding hydrogens is 398 g/mol. The van der Waals surface area contributed by atoms with Crippen LogP contribution in [-0.2, 0) is 11.3 Å². The van der Waals surface area contributed by atoms with Gasteiger partial charge in [0.15, 0.2) is 0 Å². The monoisotopic (exact) mass is 425 g/mol. The van der Waals surface area contributed by atoms with E-state index in [1.165, 1.54) is 20.5 Å². The lowest BCUT2D eigenvalue weighted by atomic mass is 10.00. The van der Waals surface area contributed by atoms with E-state index < -0.39 is 5.69 Å². The van der Waals surface area contributed by atoms with E-state index >= 15 is 0 Å². The minimum absolute atomic E-state index is 0.0479. The molecule has 0 radical (unpaired) electrons. The molecule has 158 valence electrons. The fourth-order valence-electron chi connectivity index (χ4n) is 4.31. The molecule has 0 N–H and O–H groups in total. The van der Waals surface area contributed by atoms with Crippen LogP contribution >= 0.6 is 11.3 Å². The maximum Gasteiger partial charge on any atom is 0.336 e. The number of rotatable bonds is 4. The Hall–Kier alpha value is -2.67. The molecule has 1 saturated heterocycles. The molecule has 0 saturated carbocycles. The van der Waals surface area contributed by atoms with Crippen molar-refractivity contribution in [3.8, 4) is 5.69 Å². The summed E-state index contributed by atoms with van der Waals surface area (Å²) in [6.07, 6.45) is 4.05. The van der Waals surface area contributed by atoms with Crippen molar-refractivity contribution >= 4 is 27.5 Å². The first kappa shape index (κ1) is 20.6. The molecule has 0 spiro atoms. The number of nitrogens with zero attached hydrogens (tertiary/aromatic N) is 3. The molecule has 4 rings (SSSR count). The first-order valence-corrected chi connectivity index (χ1v) is 11.4. The van der Waals surface area contributed by atoms with E-state index in [0.717, 1.165) is 43.4 Å². The number of thiophene rings is 1. The van der Waals surface area contributed by atoms with Crippen LogP contribution in [0.1, 0.15) is 43.7 Å². The predicted octanol–water partition coefficient (Wildman–Crippen LogP) is 3.62. The first-order valence-electron chi connectivity index (χ1n) is 10.5. The van der Waals surface area contributed by atoms with Crippen molar-refractivity contribution in [3.63, 3.8) is 0 Å². The quantitative estimate of drug-likeness (QED) is 0.641. The number of hydrogen-bond donors (Lipinski definition) is 0. The molecule has 0 unspecified atom stereocenters. The van der Waals surface area contributed by atoms with Gasteiger partial charge in [-0.25, -0.2) is 9.36 Å². The van der Waals surface area contributed by atoms with Gasteiger partial charge in [-0.3, -0.25) is 14.2 Å². The molecule has 1 fully saturated rings. The van der Waals surface area contributed by atoms with Gasteiger partial charge in [-0.2, -0.15) is 0 Å². The molecule has 2 aromatic heterocycles. The number of hydrogen-bond acceptors (Lipinski definition) is 4. The van der Waals surface area contributed by atoms with Crippen molar-refractivity contribution in [1.29, 1.82) is 0 Å². The van der Waals surface area contributed by atoms with Crippen LogP contribution in [0.5, 0.6) is 0 Å². The van der Waals surface area contributed by atoms with Crippen LogP contribution in [0.2, 0.25) is 0 Å². The van der Waals surface area contributed by atoms with Gasteiger partial charge < -0.3 is 4.90 Å². The number of aromatic nitrogens is 2. The van der Waals surface area contributed by atoms with Gasteiger partial charge in [0, 0.05) is 12.6 Å². The van der Waals surface area contributed by atoms with E-state index in [1.807, 2.05) is 30.9 Å². The maximum atomic E-state index is 13.4. The van der Waals surface area contributed by atoms with Crippen LogP contribution in [0.25, 0.3) is 15.9 Å². The zero-order valence-electron chi connectivity index (χ0n) is 17.7. The maximum absolute atomic E-state index is 13.4. The van der Waals surface area contributed by atoms with Crippen molar-refractivity contribution in [2.24, 2.45) is 0 Å². The number of carbonyl (C=O) groups is 1. The van der Waals surface area contributed by atoms with Crippen LogP contribution in [0.4, 0.5) is 0 Å². The molecule has 1 atom stereocenters. The Kier molecular flexibility index (Phi) is 5.64. The topological polar surface area (TPSA) is 64.3 Å². The van der Waals surface area contributed by atoms with Gasteiger partial charge >= 0.3 is 5.69 Å². The largest absolute Gasteiger partial charge is 0.338 e. The van der Waals surface area contributed by atoms with E-state index in [1.54, 1.807) is 17.5 Å². The van der Waals surface area contributed by atoms with Crippen LogP contribution in [-0.4, -0.2) is 32.5 Å². The minimum Gasteiger partial charge on any atom is -0.338 e. The average molecular weight is 426 g/mol. The van der Waals surface area contributed by atoms with Gasteiger partial charge in [-0.1, -0.05) is 13.0 Å². The Morgan fingerprint density at radius 3 is 2.67 bits per heavy atom. The van der Waals surface area contributed by atoms with Gasteiger partial charge in [0.2, 0.25) is 5.91 Å². The van der Waals surface area contributed by atoms with Crippen molar-refractivity contribution in [1.82, 2.24) is 14.0 Å². The fraction of sp³-hybridized carbons (Fsp3) is 0.435. The van der Waals surface area contributed by atoms with Crippen molar-refractivity contribution < 1.29 is 4.79 Å². The van der Waals surface area contributed by atoms with Gasteiger partial charge in [-0.05, 0) is 74.2 Å². The van der Waals surface area contributed by atoms with Crippen LogP contribution in [0.15, 0.2) is 39.2 Å². The highest BCUT2D eigenvalue weighted by atomic mass is 32.1. The van der Waals surface area contributed by atoms with Gasteiger partial charge in [0.1, 0.15) is 11.2 Å². The standard InChI is InChI=1S/C23H27N3O3S/c1-4-17-7-5-6-11-24(17)20(27)14-25-19-10-12-30-21(19)22(28)26(23(25)29)18-9-8-15(2)16(3)13-18/h8-10,12-13,17H,4-7,11,14H2,1-3H3/t17-/m1/s1. The Labute approximate surface area is 179 Å². The summed E-state index contributed by atoms with van der Waals surface area (Å²) in [5, 5.41) is 1.80. The van der Waals surface area contributed by atoms with Crippen LogP contribution in [0, 0.1) is 13.8 Å². The molecule has 30 heavy (non-hydrogen) atoms. The molecule has 1 aliphatic rings. The normalized spacial score (nSPS) is 16.9. The van der Waals surface area contributed by atoms with Crippen LogP contribution < -0.4 is 11.2 Å². The lowest BCUT2D eigenvalue weighted by Crippen LogP contribution is -2.47. The summed E-state index contributed by atoms with van der Waals surface area (Å²) in [5.41, 5.74) is 2.37. The zero-order chi connectivity index (χ0) is 21.4. The van der Waals surface area contributed by atoms with Gasteiger partial charge in [0.05, 0.1) is 11.2 Å². The Morgan fingerprint density at radius 1 is 1.13 bits per heavy atom. The molecule has 1 amide bonds. The molecule has 3 heterocycles. The van der Waals surface area contributed by atoms with Crippen molar-refractivity contribution in [3.05, 3.63) is 61.6 Å². The molecule has 0 bridgehead atoms. The summed E-state index contributed by atoms with van der Waals surface area (Å²) in [7, 11) is 0. The van der Waals surface area contributed by atoms with Crippen molar-refractivity contribution in [2.75, 3.05) is 6.54 Å². The lowest BCUT2D eigenvalue weighted by molar-refractivity contribution is -0.135. The van der Waals surface area contributed by atoms with E-state index in [0.29, 0.717) is 15.9 Å². The van der Waals surface area contributed by atoms with Gasteiger partial charge in [-0.15, -0.1) is 11.3 Å². The summed E-state index contributed by atoms with van der Waals surface area (Å²) in [6, 6.07) is 7.53. The molecule has 1 aliphatic heterocycles. The highest BCUT2D eigenvalue weighted by molar-refractivity contribution is 7.17. The third-order valence-electron chi connectivity index (χ3n) is 6.22. The number of fused-ring (bicyclic) bond motifs is 1. The van der Waals surface area contributed by atoms with Crippen molar-refractivity contribution in [2.45, 2.75) is 59.0 Å². The van der Waals surface area contributed by atoms with E-state index in [2.05, 4.69) is 6.92 Å². The van der Waals surface area contributed by atoms with E-state index in [4.69, 9.17) is 0 Å². The summed E-state index contributed by atoms with van der Waals surface area (Å²) in [4.78, 5) is 41.6. The SMILES string of the molecule is CC[C@@H]1CCCCN1C(=O)Cn1c(=O)n(-c2ccc(C)c(C)c2)c(=O)c2sccc21. The van der Waals surface area contributed by atoms with E-state index in [-0.39, 0.29) is 24.1 Å². The number of aryl methyl sites for hydroxylation is 2. The number of likely N-dealkylation sites (tertiary alicyclic amines) is 1. The number of piperidine rings is 1. The Bertz CT molecular complexity index is 1220. The fourth-order valence-corrected chi connectivity index (χ4v) is 5.14. The second kappa shape index (κ2) is 8.22. The average Bonchev–Trinajstić information content (AvgIpc) is 3.23. The molecule has 7 heteroatoms. The second-order valence-electron chi connectivity index (χ2n) is 8.06. The number of carbonyl (C=O) groups excluding carboxylic acids is 1. The summed E-state index contributed by atoms with van der Waals surface area (Å²) < 4.78 is 3.16. The summed E-state index contributed by atoms with van der Waals surface area (Å²) >= 11 is 1.30. The highest BCUT2D eigenvalue weighted by Crippen LogP contribution is 2.21. The minimum atomic E-state index is -0.465. The first-order chi connectivity index (χ1) is 14.4. The van der Waals surface area contributed by atoms with Crippen LogP contribution in [0.3, 0.4) is 0 Å². The summed E-state index contributed by atoms with van der Waals surface area (Å²) in [5.74, 6) is -0.0542. The molecule has 6 nitrogen and oxygen atoms in total. The Morgan fingerprint density at radius 2 is 1.93 bits per heavy atom. The summed E-state index contributed by atoms with van der Waals surface area (Å²) in [6.45, 7) is 6.73. The smallest absolute Gasteiger partial charge is 0.336 e. The Balaban J connectivity index is 1.83. The predicted molar refractivity (Wildman–Crippen MR) is 121 cm³/mol. The number of benzene rings is 1. The third kappa shape index (κ3) is 3.51. The second-order valence-corrected chi connectivity index (χ2v) is 8.97. The highest BCUT2D eigenvalue weighted by Gasteiger charge is 2.27. The zero-order valence-corrected chi connectivity index (χ0v) is 18.5.